The van der Waals surface area contributed by atoms with E-state index < -0.39 is 0 Å². The molecular formula is C22H27NO5. The van der Waals surface area contributed by atoms with Gasteiger partial charge in [0.05, 0.1) is 28.4 Å². The van der Waals surface area contributed by atoms with Gasteiger partial charge in [-0.2, -0.15) is 0 Å². The highest BCUT2D eigenvalue weighted by Gasteiger charge is 2.38. The Hall–Kier alpha value is -2.60. The molecule has 150 valence electrons. The number of rotatable bonds is 4. The minimum atomic E-state index is 0.186. The fourth-order valence-corrected chi connectivity index (χ4v) is 4.70. The van der Waals surface area contributed by atoms with E-state index in [1.807, 2.05) is 12.1 Å². The molecule has 0 amide bonds. The highest BCUT2D eigenvalue weighted by Crippen LogP contribution is 2.49. The lowest BCUT2D eigenvalue weighted by molar-refractivity contribution is 0.103. The molecule has 0 unspecified atom stereocenters. The maximum Gasteiger partial charge on any atom is 0.203 e. The number of nitrogens with zero attached hydrogens (tertiary/aromatic N) is 1. The van der Waals surface area contributed by atoms with Crippen LogP contribution in [0.25, 0.3) is 0 Å². The molecule has 28 heavy (non-hydrogen) atoms. The predicted octanol–water partition coefficient (Wildman–Crippen LogP) is 3.47. The summed E-state index contributed by atoms with van der Waals surface area (Å²) < 4.78 is 22.2. The van der Waals surface area contributed by atoms with Crippen molar-refractivity contribution in [2.24, 2.45) is 0 Å². The summed E-state index contributed by atoms with van der Waals surface area (Å²) in [5, 5.41) is 10.4. The Morgan fingerprint density at radius 2 is 1.54 bits per heavy atom. The molecule has 0 bridgehead atoms. The van der Waals surface area contributed by atoms with Crippen molar-refractivity contribution in [3.05, 3.63) is 40.5 Å². The molecule has 0 spiro atoms. The van der Waals surface area contributed by atoms with E-state index in [0.717, 1.165) is 36.3 Å². The van der Waals surface area contributed by atoms with Gasteiger partial charge in [-0.15, -0.1) is 0 Å². The third kappa shape index (κ3) is 2.75. The lowest BCUT2D eigenvalue weighted by atomic mass is 9.81. The minimum absolute atomic E-state index is 0.186. The number of hydrogen-bond donors (Lipinski definition) is 1. The molecule has 6 heteroatoms. The lowest BCUT2D eigenvalue weighted by Gasteiger charge is -2.45. The van der Waals surface area contributed by atoms with E-state index in [0.29, 0.717) is 23.3 Å². The first-order chi connectivity index (χ1) is 13.5. The molecule has 0 saturated heterocycles. The molecule has 2 aliphatic rings. The molecular weight excluding hydrogens is 358 g/mol. The number of phenolic OH excluding ortho intramolecular Hbond substituents is 1. The number of fused-ring (bicyclic) bond motifs is 4. The molecule has 2 atom stereocenters. The summed E-state index contributed by atoms with van der Waals surface area (Å²) >= 11 is 0. The van der Waals surface area contributed by atoms with Gasteiger partial charge < -0.3 is 24.1 Å². The van der Waals surface area contributed by atoms with Gasteiger partial charge in [0.2, 0.25) is 5.75 Å². The van der Waals surface area contributed by atoms with Gasteiger partial charge >= 0.3 is 0 Å². The van der Waals surface area contributed by atoms with Crippen LogP contribution in [0, 0.1) is 0 Å². The van der Waals surface area contributed by atoms with Crippen LogP contribution in [0.3, 0.4) is 0 Å². The van der Waals surface area contributed by atoms with Gasteiger partial charge in [0, 0.05) is 24.2 Å². The fraction of sp³-hybridized carbons (Fsp3) is 0.455. The Kier molecular flexibility index (Phi) is 4.75. The maximum atomic E-state index is 10.4. The number of aromatic hydroxyl groups is 1. The second-order valence-electron chi connectivity index (χ2n) is 7.45. The van der Waals surface area contributed by atoms with E-state index >= 15 is 0 Å². The first-order valence-electron chi connectivity index (χ1n) is 9.48. The van der Waals surface area contributed by atoms with Crippen LogP contribution in [0.15, 0.2) is 18.2 Å². The second-order valence-corrected chi connectivity index (χ2v) is 7.45. The topological polar surface area (TPSA) is 60.4 Å². The molecule has 2 aromatic carbocycles. The molecule has 1 N–H and O–H groups in total. The van der Waals surface area contributed by atoms with Gasteiger partial charge in [0.1, 0.15) is 0 Å². The van der Waals surface area contributed by atoms with E-state index in [9.17, 15) is 5.11 Å². The average Bonchev–Trinajstić information content (AvgIpc) is 2.71. The molecule has 0 saturated carbocycles. The van der Waals surface area contributed by atoms with E-state index in [1.54, 1.807) is 28.4 Å². The van der Waals surface area contributed by atoms with Crippen molar-refractivity contribution < 1.29 is 24.1 Å². The maximum absolute atomic E-state index is 10.4. The van der Waals surface area contributed by atoms with Crippen LogP contribution in [-0.2, 0) is 19.4 Å². The molecule has 0 aliphatic carbocycles. The third-order valence-electron chi connectivity index (χ3n) is 6.06. The SMILES string of the molecule is COc1cc2c(cc1O)[C@@H]1Cc3cc(OC)c(OC)c(OC)c3CN1[C@H](C)C2. The molecule has 2 aromatic rings. The highest BCUT2D eigenvalue weighted by molar-refractivity contribution is 5.60. The molecule has 0 fully saturated rings. The van der Waals surface area contributed by atoms with Gasteiger partial charge in [-0.3, -0.25) is 4.90 Å². The average molecular weight is 385 g/mol. The van der Waals surface area contributed by atoms with E-state index in [2.05, 4.69) is 17.9 Å². The molecule has 0 aromatic heterocycles. The molecule has 2 heterocycles. The molecule has 2 aliphatic heterocycles. The van der Waals surface area contributed by atoms with Crippen molar-refractivity contribution in [1.82, 2.24) is 4.90 Å². The van der Waals surface area contributed by atoms with Crippen molar-refractivity contribution >= 4 is 0 Å². The zero-order valence-electron chi connectivity index (χ0n) is 17.0. The van der Waals surface area contributed by atoms with Crippen molar-refractivity contribution in [2.45, 2.75) is 38.4 Å². The number of phenols is 1. The number of ether oxygens (including phenoxy) is 4. The first kappa shape index (κ1) is 18.7. The van der Waals surface area contributed by atoms with Crippen LogP contribution in [0.5, 0.6) is 28.7 Å². The summed E-state index contributed by atoms with van der Waals surface area (Å²) in [7, 11) is 6.53. The molecule has 4 rings (SSSR count). The van der Waals surface area contributed by atoms with E-state index in [-0.39, 0.29) is 11.8 Å². The normalized spacial score (nSPS) is 20.6. The number of methoxy groups -OCH3 is 4. The summed E-state index contributed by atoms with van der Waals surface area (Å²) in [6.07, 6.45) is 1.72. The van der Waals surface area contributed by atoms with Crippen LogP contribution in [0.2, 0.25) is 0 Å². The monoisotopic (exact) mass is 385 g/mol. The van der Waals surface area contributed by atoms with Gasteiger partial charge in [-0.1, -0.05) is 0 Å². The summed E-state index contributed by atoms with van der Waals surface area (Å²) in [5.74, 6) is 2.77. The van der Waals surface area contributed by atoms with Crippen molar-refractivity contribution in [1.29, 1.82) is 0 Å². The number of benzene rings is 2. The Morgan fingerprint density at radius 3 is 2.18 bits per heavy atom. The summed E-state index contributed by atoms with van der Waals surface area (Å²) in [5.41, 5.74) is 4.73. The quantitative estimate of drug-likeness (QED) is 0.870. The largest absolute Gasteiger partial charge is 0.504 e. The van der Waals surface area contributed by atoms with Crippen molar-refractivity contribution in [3.8, 4) is 28.7 Å². The van der Waals surface area contributed by atoms with Gasteiger partial charge in [0.25, 0.3) is 0 Å². The Balaban J connectivity index is 1.84. The second kappa shape index (κ2) is 7.09. The molecule has 6 nitrogen and oxygen atoms in total. The van der Waals surface area contributed by atoms with Crippen LogP contribution in [0.4, 0.5) is 0 Å². The van der Waals surface area contributed by atoms with Gasteiger partial charge in [-0.25, -0.2) is 0 Å². The van der Waals surface area contributed by atoms with Gasteiger partial charge in [0.15, 0.2) is 23.0 Å². The summed E-state index contributed by atoms with van der Waals surface area (Å²) in [6, 6.07) is 6.43. The van der Waals surface area contributed by atoms with Crippen molar-refractivity contribution in [2.75, 3.05) is 28.4 Å². The molecule has 0 radical (unpaired) electrons. The van der Waals surface area contributed by atoms with Crippen LogP contribution in [0.1, 0.15) is 35.2 Å². The van der Waals surface area contributed by atoms with E-state index in [4.69, 9.17) is 18.9 Å². The lowest BCUT2D eigenvalue weighted by Crippen LogP contribution is -2.45. The Morgan fingerprint density at radius 1 is 0.857 bits per heavy atom. The van der Waals surface area contributed by atoms with Crippen LogP contribution >= 0.6 is 0 Å². The first-order valence-corrected chi connectivity index (χ1v) is 9.48. The van der Waals surface area contributed by atoms with Gasteiger partial charge in [-0.05, 0) is 54.7 Å². The summed E-state index contributed by atoms with van der Waals surface area (Å²) in [4.78, 5) is 2.48. The fourth-order valence-electron chi connectivity index (χ4n) is 4.70. The van der Waals surface area contributed by atoms with Crippen LogP contribution < -0.4 is 18.9 Å². The Bertz CT molecular complexity index is 911. The Labute approximate surface area is 165 Å². The minimum Gasteiger partial charge on any atom is -0.504 e. The standard InChI is InChI=1S/C22H27NO5/c1-12-6-13-8-19(25-2)18(24)10-15(13)17-7-14-9-20(26-3)22(28-5)21(27-4)16(14)11-23(12)17/h8-10,12,17,24H,6-7,11H2,1-5H3/t12-,17+/m1/s1. The predicted molar refractivity (Wildman–Crippen MR) is 106 cm³/mol. The summed E-state index contributed by atoms with van der Waals surface area (Å²) in [6.45, 7) is 3.00. The smallest absolute Gasteiger partial charge is 0.203 e. The van der Waals surface area contributed by atoms with Crippen LogP contribution in [-0.4, -0.2) is 44.5 Å². The number of hydrogen-bond acceptors (Lipinski definition) is 6. The third-order valence-corrected chi connectivity index (χ3v) is 6.06. The highest BCUT2D eigenvalue weighted by atomic mass is 16.5. The van der Waals surface area contributed by atoms with Crippen molar-refractivity contribution in [3.63, 3.8) is 0 Å². The zero-order valence-corrected chi connectivity index (χ0v) is 17.0. The zero-order chi connectivity index (χ0) is 20.0. The van der Waals surface area contributed by atoms with E-state index in [1.165, 1.54) is 11.1 Å².